The molecule has 1 saturated heterocycles. The number of likely N-dealkylation sites (tertiary alicyclic amines) is 1. The molecule has 5 nitrogen and oxygen atoms in total. The van der Waals surface area contributed by atoms with Crippen LogP contribution in [0.4, 0.5) is 4.39 Å². The molecule has 2 fully saturated rings. The molecule has 1 aromatic rings. The molecule has 0 bridgehead atoms. The van der Waals surface area contributed by atoms with Gasteiger partial charge < -0.3 is 10.2 Å². The van der Waals surface area contributed by atoms with Crippen molar-refractivity contribution in [3.05, 3.63) is 29.6 Å². The van der Waals surface area contributed by atoms with Crippen LogP contribution in [0.5, 0.6) is 0 Å². The van der Waals surface area contributed by atoms with E-state index in [1.165, 1.54) is 6.20 Å². The number of hydrogen-bond donors (Lipinski definition) is 1. The first-order chi connectivity index (χ1) is 10.5. The summed E-state index contributed by atoms with van der Waals surface area (Å²) in [6, 6.07) is 3.65. The van der Waals surface area contributed by atoms with Gasteiger partial charge in [-0.3, -0.25) is 14.6 Å². The van der Waals surface area contributed by atoms with Crippen LogP contribution in [0, 0.1) is 6.92 Å². The van der Waals surface area contributed by atoms with Gasteiger partial charge in [-0.25, -0.2) is 4.39 Å². The van der Waals surface area contributed by atoms with Gasteiger partial charge in [0.15, 0.2) is 5.67 Å². The van der Waals surface area contributed by atoms with Crippen LogP contribution in [0.25, 0.3) is 0 Å². The maximum atomic E-state index is 14.7. The normalized spacial score (nSPS) is 20.5. The van der Waals surface area contributed by atoms with E-state index in [9.17, 15) is 14.0 Å². The van der Waals surface area contributed by atoms with Gasteiger partial charge in [0.2, 0.25) is 0 Å². The zero-order valence-corrected chi connectivity index (χ0v) is 12.6. The van der Waals surface area contributed by atoms with Crippen molar-refractivity contribution < 1.29 is 14.0 Å². The van der Waals surface area contributed by atoms with Crippen LogP contribution in [0.2, 0.25) is 0 Å². The predicted molar refractivity (Wildman–Crippen MR) is 79.1 cm³/mol. The lowest BCUT2D eigenvalue weighted by atomic mass is 9.92. The number of halogens is 1. The number of aromatic nitrogens is 1. The van der Waals surface area contributed by atoms with Crippen LogP contribution < -0.4 is 5.32 Å². The molecule has 22 heavy (non-hydrogen) atoms. The first kappa shape index (κ1) is 14.9. The third-order valence-electron chi connectivity index (χ3n) is 4.32. The maximum absolute atomic E-state index is 14.7. The number of nitrogens with zero attached hydrogens (tertiary/aromatic N) is 2. The molecule has 0 aromatic carbocycles. The molecule has 2 heterocycles. The molecule has 1 aliphatic carbocycles. The van der Waals surface area contributed by atoms with Crippen LogP contribution in [-0.4, -0.2) is 46.5 Å². The summed E-state index contributed by atoms with van der Waals surface area (Å²) < 4.78 is 14.7. The molecule has 0 atom stereocenters. The fourth-order valence-electron chi connectivity index (χ4n) is 2.61. The minimum Gasteiger partial charge on any atom is -0.351 e. The van der Waals surface area contributed by atoms with E-state index in [-0.39, 0.29) is 37.9 Å². The molecule has 0 radical (unpaired) electrons. The Morgan fingerprint density at radius 2 is 2.00 bits per heavy atom. The zero-order valence-electron chi connectivity index (χ0n) is 12.6. The summed E-state index contributed by atoms with van der Waals surface area (Å²) in [5, 5.41) is 2.72. The molecule has 1 saturated carbocycles. The number of nitrogens with one attached hydrogen (secondary N) is 1. The van der Waals surface area contributed by atoms with Gasteiger partial charge in [0.25, 0.3) is 11.8 Å². The Hall–Kier alpha value is -1.98. The summed E-state index contributed by atoms with van der Waals surface area (Å²) in [4.78, 5) is 30.0. The molecular weight excluding hydrogens is 285 g/mol. The van der Waals surface area contributed by atoms with E-state index in [1.54, 1.807) is 17.0 Å². The van der Waals surface area contributed by atoms with E-state index in [1.807, 2.05) is 6.92 Å². The number of carbonyl (C=O) groups is 2. The number of amides is 2. The Morgan fingerprint density at radius 1 is 1.32 bits per heavy atom. The van der Waals surface area contributed by atoms with Crippen molar-refractivity contribution in [2.45, 2.75) is 44.3 Å². The van der Waals surface area contributed by atoms with Crippen molar-refractivity contribution in [2.75, 3.05) is 13.1 Å². The number of hydrogen-bond acceptors (Lipinski definition) is 3. The molecule has 2 aliphatic rings. The smallest absolute Gasteiger partial charge is 0.258 e. The van der Waals surface area contributed by atoms with Crippen LogP contribution in [0.1, 0.15) is 41.7 Å². The van der Waals surface area contributed by atoms with Gasteiger partial charge in [-0.2, -0.15) is 0 Å². The molecule has 1 N–H and O–H groups in total. The van der Waals surface area contributed by atoms with E-state index in [0.717, 1.165) is 18.5 Å². The molecule has 3 rings (SSSR count). The lowest BCUT2D eigenvalue weighted by Gasteiger charge is -2.35. The summed E-state index contributed by atoms with van der Waals surface area (Å²) >= 11 is 0. The van der Waals surface area contributed by atoms with Gasteiger partial charge in [0, 0.05) is 43.9 Å². The van der Waals surface area contributed by atoms with Crippen LogP contribution in [-0.2, 0) is 4.79 Å². The quantitative estimate of drug-likeness (QED) is 0.923. The number of piperidine rings is 1. The van der Waals surface area contributed by atoms with Crippen LogP contribution in [0.3, 0.4) is 0 Å². The fraction of sp³-hybridized carbons (Fsp3) is 0.562. The van der Waals surface area contributed by atoms with E-state index >= 15 is 0 Å². The number of alkyl halides is 1. The minimum atomic E-state index is -1.84. The van der Waals surface area contributed by atoms with Gasteiger partial charge in [0.1, 0.15) is 0 Å². The average Bonchev–Trinajstić information content (AvgIpc) is 3.32. The topological polar surface area (TPSA) is 62.3 Å². The largest absolute Gasteiger partial charge is 0.351 e. The molecule has 0 unspecified atom stereocenters. The lowest BCUT2D eigenvalue weighted by molar-refractivity contribution is -0.135. The highest BCUT2D eigenvalue weighted by Crippen LogP contribution is 2.29. The first-order valence-corrected chi connectivity index (χ1v) is 7.70. The number of aryl methyl sites for hydroxylation is 1. The van der Waals surface area contributed by atoms with Gasteiger partial charge in [-0.15, -0.1) is 0 Å². The van der Waals surface area contributed by atoms with Gasteiger partial charge in [0.05, 0.1) is 5.56 Å². The third-order valence-corrected chi connectivity index (χ3v) is 4.32. The average molecular weight is 305 g/mol. The van der Waals surface area contributed by atoms with Crippen LogP contribution in [0.15, 0.2) is 18.3 Å². The van der Waals surface area contributed by atoms with E-state index in [0.29, 0.717) is 5.56 Å². The third kappa shape index (κ3) is 3.10. The molecule has 6 heteroatoms. The highest BCUT2D eigenvalue weighted by molar-refractivity contribution is 5.94. The number of rotatable bonds is 3. The molecule has 1 aliphatic heterocycles. The Balaban J connectivity index is 1.59. The number of carbonyl (C=O) groups excluding carboxylic acids is 2. The standard InChI is InChI=1S/C16H20FN3O2/c1-11-2-3-12(10-18-11)14(21)20-8-6-16(17,7-9-20)15(22)19-13-4-5-13/h2-3,10,13H,4-9H2,1H3,(H,19,22). The van der Waals surface area contributed by atoms with Gasteiger partial charge in [-0.1, -0.05) is 0 Å². The van der Waals surface area contributed by atoms with Crippen molar-refractivity contribution in [3.63, 3.8) is 0 Å². The number of pyridine rings is 1. The fourth-order valence-corrected chi connectivity index (χ4v) is 2.61. The molecule has 2 amide bonds. The van der Waals surface area contributed by atoms with Crippen molar-refractivity contribution >= 4 is 11.8 Å². The molecular formula is C16H20FN3O2. The Morgan fingerprint density at radius 3 is 2.55 bits per heavy atom. The second-order valence-corrected chi connectivity index (χ2v) is 6.19. The summed E-state index contributed by atoms with van der Waals surface area (Å²) in [6.07, 6.45) is 3.52. The monoisotopic (exact) mass is 305 g/mol. The van der Waals surface area contributed by atoms with Gasteiger partial charge >= 0.3 is 0 Å². The molecule has 0 spiro atoms. The first-order valence-electron chi connectivity index (χ1n) is 7.70. The summed E-state index contributed by atoms with van der Waals surface area (Å²) in [5.74, 6) is -0.670. The van der Waals surface area contributed by atoms with Crippen molar-refractivity contribution in [1.29, 1.82) is 0 Å². The highest BCUT2D eigenvalue weighted by atomic mass is 19.1. The summed E-state index contributed by atoms with van der Waals surface area (Å²) in [5.41, 5.74) is -0.501. The Kier molecular flexibility index (Phi) is 3.85. The predicted octanol–water partition coefficient (Wildman–Crippen LogP) is 1.61. The molecule has 1 aromatic heterocycles. The second kappa shape index (κ2) is 5.66. The lowest BCUT2D eigenvalue weighted by Crippen LogP contribution is -2.52. The van der Waals surface area contributed by atoms with Crippen molar-refractivity contribution in [1.82, 2.24) is 15.2 Å². The second-order valence-electron chi connectivity index (χ2n) is 6.19. The maximum Gasteiger partial charge on any atom is 0.258 e. The van der Waals surface area contributed by atoms with Crippen molar-refractivity contribution in [2.24, 2.45) is 0 Å². The van der Waals surface area contributed by atoms with E-state index < -0.39 is 11.6 Å². The van der Waals surface area contributed by atoms with Crippen molar-refractivity contribution in [3.8, 4) is 0 Å². The van der Waals surface area contributed by atoms with Crippen LogP contribution >= 0.6 is 0 Å². The zero-order chi connectivity index (χ0) is 15.7. The Bertz CT molecular complexity index is 576. The summed E-state index contributed by atoms with van der Waals surface area (Å²) in [6.45, 7) is 2.35. The van der Waals surface area contributed by atoms with E-state index in [2.05, 4.69) is 10.3 Å². The highest BCUT2D eigenvalue weighted by Gasteiger charge is 2.44. The Labute approximate surface area is 128 Å². The SMILES string of the molecule is Cc1ccc(C(=O)N2CCC(F)(C(=O)NC3CC3)CC2)cn1. The van der Waals surface area contributed by atoms with E-state index in [4.69, 9.17) is 0 Å². The van der Waals surface area contributed by atoms with Gasteiger partial charge in [-0.05, 0) is 31.9 Å². The molecule has 118 valence electrons. The minimum absolute atomic E-state index is 0.0522. The summed E-state index contributed by atoms with van der Waals surface area (Å²) in [7, 11) is 0.